The Hall–Kier alpha value is -3.24. The number of sulfonamides is 1. The molecule has 0 fully saturated rings. The third-order valence-electron chi connectivity index (χ3n) is 4.46. The summed E-state index contributed by atoms with van der Waals surface area (Å²) >= 11 is 0. The van der Waals surface area contributed by atoms with Gasteiger partial charge in [0, 0.05) is 29.8 Å². The lowest BCUT2D eigenvalue weighted by atomic mass is 9.95. The Labute approximate surface area is 194 Å². The fourth-order valence-electron chi connectivity index (χ4n) is 2.55. The first-order chi connectivity index (χ1) is 15.4. The molecule has 0 heterocycles. The van der Waals surface area contributed by atoms with Crippen molar-refractivity contribution < 1.29 is 27.5 Å². The van der Waals surface area contributed by atoms with E-state index in [0.717, 1.165) is 0 Å². The summed E-state index contributed by atoms with van der Waals surface area (Å²) in [4.78, 5) is 35.9. The van der Waals surface area contributed by atoms with Gasteiger partial charge >= 0.3 is 5.97 Å². The first-order valence-electron chi connectivity index (χ1n) is 10.4. The third-order valence-corrected chi connectivity index (χ3v) is 5.94. The molecule has 0 saturated carbocycles. The number of benzene rings is 2. The fourth-order valence-corrected chi connectivity index (χ4v) is 3.59. The summed E-state index contributed by atoms with van der Waals surface area (Å²) in [5.74, 6) is -1.04. The Morgan fingerprint density at radius 3 is 2.00 bits per heavy atom. The quantitative estimate of drug-likeness (QED) is 0.377. The molecule has 0 radical (unpaired) electrons. The van der Waals surface area contributed by atoms with Crippen LogP contribution in [-0.4, -0.2) is 45.9 Å². The minimum atomic E-state index is -3.80. The molecule has 9 nitrogen and oxygen atoms in total. The molecule has 178 valence electrons. The van der Waals surface area contributed by atoms with E-state index in [1.807, 2.05) is 0 Å². The van der Waals surface area contributed by atoms with Crippen molar-refractivity contribution in [2.24, 2.45) is 5.41 Å². The molecular weight excluding hydrogens is 446 g/mol. The van der Waals surface area contributed by atoms with Crippen LogP contribution < -0.4 is 15.4 Å². The maximum atomic E-state index is 12.4. The molecule has 33 heavy (non-hydrogen) atoms. The second-order valence-corrected chi connectivity index (χ2v) is 9.95. The number of carbonyl (C=O) groups excluding carboxylic acids is 3. The van der Waals surface area contributed by atoms with E-state index in [9.17, 15) is 22.8 Å². The third kappa shape index (κ3) is 7.69. The first-order valence-corrected chi connectivity index (χ1v) is 11.9. The van der Waals surface area contributed by atoms with E-state index in [4.69, 9.17) is 4.74 Å². The lowest BCUT2D eigenvalue weighted by molar-refractivity contribution is -0.123. The van der Waals surface area contributed by atoms with Crippen LogP contribution in [0.15, 0.2) is 53.4 Å². The Balaban J connectivity index is 1.84. The van der Waals surface area contributed by atoms with Gasteiger partial charge in [0.15, 0.2) is 0 Å². The fraction of sp³-hybridized carbons (Fsp3) is 0.348. The van der Waals surface area contributed by atoms with Crippen LogP contribution in [0.4, 0.5) is 5.69 Å². The largest absolute Gasteiger partial charge is 0.462 e. The van der Waals surface area contributed by atoms with Gasteiger partial charge in [0.2, 0.25) is 15.9 Å². The lowest BCUT2D eigenvalue weighted by Crippen LogP contribution is -2.34. The van der Waals surface area contributed by atoms with E-state index in [1.165, 1.54) is 24.3 Å². The molecule has 0 atom stereocenters. The van der Waals surface area contributed by atoms with Gasteiger partial charge in [-0.25, -0.2) is 17.9 Å². The summed E-state index contributed by atoms with van der Waals surface area (Å²) in [6.45, 7) is 7.37. The highest BCUT2D eigenvalue weighted by Crippen LogP contribution is 2.18. The molecule has 0 aliphatic heterocycles. The van der Waals surface area contributed by atoms with Crippen molar-refractivity contribution in [3.63, 3.8) is 0 Å². The number of rotatable bonds is 9. The van der Waals surface area contributed by atoms with Crippen molar-refractivity contribution >= 4 is 33.5 Å². The minimum absolute atomic E-state index is 0.00484. The average molecular weight is 476 g/mol. The topological polar surface area (TPSA) is 131 Å². The van der Waals surface area contributed by atoms with E-state index in [1.54, 1.807) is 52.0 Å². The first kappa shape index (κ1) is 26.0. The number of hydrogen-bond acceptors (Lipinski definition) is 6. The number of carbonyl (C=O) groups is 3. The highest BCUT2D eigenvalue weighted by Gasteiger charge is 2.21. The highest BCUT2D eigenvalue weighted by molar-refractivity contribution is 7.89. The van der Waals surface area contributed by atoms with Crippen molar-refractivity contribution in [1.29, 1.82) is 0 Å². The predicted molar refractivity (Wildman–Crippen MR) is 124 cm³/mol. The smallest absolute Gasteiger partial charge is 0.338 e. The Morgan fingerprint density at radius 2 is 1.45 bits per heavy atom. The summed E-state index contributed by atoms with van der Waals surface area (Å²) in [5, 5.41) is 5.41. The number of hydrogen-bond donors (Lipinski definition) is 3. The molecule has 2 aromatic carbocycles. The molecule has 0 aliphatic carbocycles. The van der Waals surface area contributed by atoms with Crippen LogP contribution in [0.3, 0.4) is 0 Å². The van der Waals surface area contributed by atoms with E-state index in [2.05, 4.69) is 15.4 Å². The Bertz CT molecular complexity index is 1090. The van der Waals surface area contributed by atoms with Crippen molar-refractivity contribution in [2.75, 3.05) is 25.0 Å². The monoisotopic (exact) mass is 475 g/mol. The predicted octanol–water partition coefficient (Wildman–Crippen LogP) is 2.56. The SMILES string of the molecule is CCOC(=O)c1ccc(S(=O)(=O)NCCNC(=O)c2ccc(NC(=O)C(C)(C)C)cc2)cc1. The maximum absolute atomic E-state index is 12.4. The second-order valence-electron chi connectivity index (χ2n) is 8.18. The second kappa shape index (κ2) is 11.1. The highest BCUT2D eigenvalue weighted by atomic mass is 32.2. The molecule has 2 amide bonds. The van der Waals surface area contributed by atoms with Crippen molar-refractivity contribution in [2.45, 2.75) is 32.6 Å². The van der Waals surface area contributed by atoms with Crippen molar-refractivity contribution in [3.8, 4) is 0 Å². The standard InChI is InChI=1S/C23H29N3O6S/c1-5-32-21(28)17-8-12-19(13-9-17)33(30,31)25-15-14-24-20(27)16-6-10-18(11-7-16)26-22(29)23(2,3)4/h6-13,25H,5,14-15H2,1-4H3,(H,24,27)(H,26,29). The van der Waals surface area contributed by atoms with Crippen LogP contribution in [0, 0.1) is 5.41 Å². The van der Waals surface area contributed by atoms with E-state index in [0.29, 0.717) is 11.3 Å². The molecule has 3 N–H and O–H groups in total. The number of amides is 2. The lowest BCUT2D eigenvalue weighted by Gasteiger charge is -2.17. The van der Waals surface area contributed by atoms with Gasteiger partial charge in [-0.05, 0) is 55.5 Å². The van der Waals surface area contributed by atoms with Crippen LogP contribution in [-0.2, 0) is 19.6 Å². The van der Waals surface area contributed by atoms with Crippen LogP contribution in [0.25, 0.3) is 0 Å². The van der Waals surface area contributed by atoms with Crippen LogP contribution in [0.2, 0.25) is 0 Å². The van der Waals surface area contributed by atoms with Crippen LogP contribution in [0.5, 0.6) is 0 Å². The zero-order valence-corrected chi connectivity index (χ0v) is 19.9. The summed E-state index contributed by atoms with van der Waals surface area (Å²) in [6, 6.07) is 11.8. The normalized spacial score (nSPS) is 11.5. The zero-order valence-electron chi connectivity index (χ0n) is 19.1. The molecule has 0 saturated heterocycles. The van der Waals surface area contributed by atoms with Gasteiger partial charge < -0.3 is 15.4 Å². The summed E-state index contributed by atoms with van der Waals surface area (Å²) in [5.41, 5.74) is 0.674. The average Bonchev–Trinajstić information content (AvgIpc) is 2.76. The van der Waals surface area contributed by atoms with Crippen LogP contribution in [0.1, 0.15) is 48.4 Å². The number of nitrogens with one attached hydrogen (secondary N) is 3. The summed E-state index contributed by atoms with van der Waals surface area (Å²) in [7, 11) is -3.80. The maximum Gasteiger partial charge on any atom is 0.338 e. The molecule has 0 unspecified atom stereocenters. The molecule has 0 bridgehead atoms. The van der Waals surface area contributed by atoms with E-state index >= 15 is 0 Å². The minimum Gasteiger partial charge on any atom is -0.462 e. The Morgan fingerprint density at radius 1 is 0.879 bits per heavy atom. The zero-order chi connectivity index (χ0) is 24.6. The molecule has 0 aliphatic rings. The number of anilines is 1. The Kier molecular flexibility index (Phi) is 8.72. The van der Waals surface area contributed by atoms with Gasteiger partial charge in [0.1, 0.15) is 0 Å². The van der Waals surface area contributed by atoms with Gasteiger partial charge in [-0.15, -0.1) is 0 Å². The molecule has 0 aromatic heterocycles. The van der Waals surface area contributed by atoms with Crippen LogP contribution >= 0.6 is 0 Å². The van der Waals surface area contributed by atoms with Gasteiger partial charge in [-0.1, -0.05) is 20.8 Å². The van der Waals surface area contributed by atoms with Gasteiger partial charge in [-0.2, -0.15) is 0 Å². The molecule has 2 aromatic rings. The molecule has 0 spiro atoms. The van der Waals surface area contributed by atoms with Gasteiger partial charge in [0.25, 0.3) is 5.91 Å². The number of ether oxygens (including phenoxy) is 1. The molecule has 2 rings (SSSR count). The molecule has 10 heteroatoms. The van der Waals surface area contributed by atoms with E-state index in [-0.39, 0.29) is 42.0 Å². The summed E-state index contributed by atoms with van der Waals surface area (Å²) < 4.78 is 32.0. The number of esters is 1. The van der Waals surface area contributed by atoms with Gasteiger partial charge in [-0.3, -0.25) is 9.59 Å². The van der Waals surface area contributed by atoms with Gasteiger partial charge in [0.05, 0.1) is 17.1 Å². The van der Waals surface area contributed by atoms with Crippen molar-refractivity contribution in [1.82, 2.24) is 10.0 Å². The summed E-state index contributed by atoms with van der Waals surface area (Å²) in [6.07, 6.45) is 0. The van der Waals surface area contributed by atoms with E-state index < -0.39 is 21.4 Å². The molecular formula is C23H29N3O6S. The van der Waals surface area contributed by atoms with Crippen molar-refractivity contribution in [3.05, 3.63) is 59.7 Å².